The number of hydrogen-bond donors (Lipinski definition) is 2. The van der Waals surface area contributed by atoms with Crippen LogP contribution >= 0.6 is 15.9 Å². The maximum Gasteiger partial charge on any atom is 0.240 e. The summed E-state index contributed by atoms with van der Waals surface area (Å²) in [5.74, 6) is 2.45. The molecule has 9 heteroatoms. The predicted octanol–water partition coefficient (Wildman–Crippen LogP) is 4.66. The summed E-state index contributed by atoms with van der Waals surface area (Å²) in [6.45, 7) is 1.30. The van der Waals surface area contributed by atoms with Gasteiger partial charge in [-0.15, -0.1) is 0 Å². The third-order valence-corrected chi connectivity index (χ3v) is 8.10. The highest BCUT2D eigenvalue weighted by atomic mass is 79.9. The number of para-hydroxylation sites is 1. The average molecular weight is 533 g/mol. The molecule has 4 rings (SSSR count). The minimum atomic E-state index is -3.48. The highest BCUT2D eigenvalue weighted by molar-refractivity contribution is 9.10. The normalized spacial score (nSPS) is 18.9. The van der Waals surface area contributed by atoms with Crippen molar-refractivity contribution in [1.29, 1.82) is 0 Å². The zero-order valence-electron chi connectivity index (χ0n) is 19.0. The Bertz CT molecular complexity index is 1210. The Morgan fingerprint density at radius 2 is 1.67 bits per heavy atom. The molecule has 2 N–H and O–H groups in total. The molecule has 1 aliphatic rings. The molecule has 0 spiro atoms. The Labute approximate surface area is 204 Å². The molecule has 33 heavy (non-hydrogen) atoms. The van der Waals surface area contributed by atoms with E-state index in [4.69, 9.17) is 4.98 Å². The van der Waals surface area contributed by atoms with Gasteiger partial charge in [-0.05, 0) is 67.9 Å². The predicted molar refractivity (Wildman–Crippen MR) is 137 cm³/mol. The lowest BCUT2D eigenvalue weighted by Gasteiger charge is -2.28. The van der Waals surface area contributed by atoms with Crippen LogP contribution in [0, 0.1) is 11.8 Å². The van der Waals surface area contributed by atoms with Gasteiger partial charge in [-0.25, -0.2) is 18.1 Å². The molecule has 176 valence electrons. The van der Waals surface area contributed by atoms with Crippen LogP contribution in [0.2, 0.25) is 0 Å². The van der Waals surface area contributed by atoms with Crippen molar-refractivity contribution in [3.63, 3.8) is 0 Å². The number of aromatic nitrogens is 2. The average Bonchev–Trinajstić information content (AvgIpc) is 2.81. The van der Waals surface area contributed by atoms with Gasteiger partial charge in [0.1, 0.15) is 5.82 Å². The van der Waals surface area contributed by atoms with E-state index in [2.05, 4.69) is 31.0 Å². The molecule has 0 amide bonds. The number of halogens is 1. The molecule has 3 aromatic rings. The number of nitrogens with one attached hydrogen (secondary N) is 2. The smallest absolute Gasteiger partial charge is 0.240 e. The Morgan fingerprint density at radius 1 is 0.970 bits per heavy atom. The highest BCUT2D eigenvalue weighted by Crippen LogP contribution is 2.30. The molecular weight excluding hydrogens is 502 g/mol. The summed E-state index contributed by atoms with van der Waals surface area (Å²) in [6, 6.07) is 14.8. The van der Waals surface area contributed by atoms with E-state index in [0.29, 0.717) is 29.2 Å². The number of rotatable bonds is 8. The summed E-state index contributed by atoms with van der Waals surface area (Å²) in [4.78, 5) is 11.7. The molecule has 1 aromatic heterocycles. The van der Waals surface area contributed by atoms with E-state index in [9.17, 15) is 8.42 Å². The van der Waals surface area contributed by atoms with Crippen LogP contribution in [-0.2, 0) is 10.0 Å². The summed E-state index contributed by atoms with van der Waals surface area (Å²) >= 11 is 3.33. The summed E-state index contributed by atoms with van der Waals surface area (Å²) in [7, 11) is 0.498. The van der Waals surface area contributed by atoms with E-state index >= 15 is 0 Å². The lowest BCUT2D eigenvalue weighted by molar-refractivity contribution is 0.284. The largest absolute Gasteiger partial charge is 0.362 e. The second-order valence-corrected chi connectivity index (χ2v) is 11.5. The molecule has 0 radical (unpaired) electrons. The third-order valence-electron chi connectivity index (χ3n) is 6.19. The molecule has 1 aliphatic carbocycles. The van der Waals surface area contributed by atoms with Gasteiger partial charge in [0.2, 0.25) is 16.0 Å². The lowest BCUT2D eigenvalue weighted by atomic mass is 9.82. The Hall–Kier alpha value is -2.23. The number of benzene rings is 2. The van der Waals surface area contributed by atoms with E-state index in [-0.39, 0.29) is 0 Å². The van der Waals surface area contributed by atoms with Crippen LogP contribution in [0.15, 0.2) is 57.9 Å². The minimum absolute atomic E-state index is 0.294. The molecule has 0 aliphatic heterocycles. The van der Waals surface area contributed by atoms with Crippen molar-refractivity contribution in [2.24, 2.45) is 11.8 Å². The first kappa shape index (κ1) is 23.9. The lowest BCUT2D eigenvalue weighted by Crippen LogP contribution is -2.32. The molecule has 1 heterocycles. The van der Waals surface area contributed by atoms with Crippen LogP contribution in [0.1, 0.15) is 25.7 Å². The fourth-order valence-electron chi connectivity index (χ4n) is 4.30. The van der Waals surface area contributed by atoms with Crippen LogP contribution in [0.25, 0.3) is 10.9 Å². The van der Waals surface area contributed by atoms with Crippen LogP contribution in [0.4, 0.5) is 11.8 Å². The molecule has 2 aromatic carbocycles. The van der Waals surface area contributed by atoms with E-state index in [1.54, 1.807) is 18.2 Å². The molecule has 0 bridgehead atoms. The van der Waals surface area contributed by atoms with E-state index in [1.165, 1.54) is 0 Å². The van der Waals surface area contributed by atoms with Gasteiger partial charge in [-0.2, -0.15) is 4.98 Å². The van der Waals surface area contributed by atoms with Crippen LogP contribution < -0.4 is 14.9 Å². The quantitative estimate of drug-likeness (QED) is 0.439. The number of anilines is 2. The first-order valence-electron chi connectivity index (χ1n) is 11.2. The van der Waals surface area contributed by atoms with Gasteiger partial charge < -0.3 is 10.2 Å². The monoisotopic (exact) mass is 531 g/mol. The van der Waals surface area contributed by atoms with Crippen molar-refractivity contribution < 1.29 is 8.42 Å². The summed E-state index contributed by atoms with van der Waals surface area (Å²) in [5.41, 5.74) is 0.931. The van der Waals surface area contributed by atoms with Crippen molar-refractivity contribution in [2.45, 2.75) is 30.6 Å². The zero-order valence-corrected chi connectivity index (χ0v) is 21.4. The summed E-state index contributed by atoms with van der Waals surface area (Å²) in [6.07, 6.45) is 4.14. The van der Waals surface area contributed by atoms with Crippen LogP contribution in [0.3, 0.4) is 0 Å². The van der Waals surface area contributed by atoms with Gasteiger partial charge in [0.25, 0.3) is 0 Å². The number of nitrogens with zero attached hydrogens (tertiary/aromatic N) is 3. The zero-order chi connectivity index (χ0) is 23.4. The SMILES string of the molecule is CN(C)c1nc(NCC2CCC(CNS(=O)(=O)c3cccc(Br)c3)CC2)nc2ccccc12. The minimum Gasteiger partial charge on any atom is -0.362 e. The maximum atomic E-state index is 12.6. The van der Waals surface area contributed by atoms with Gasteiger partial charge in [0.05, 0.1) is 10.4 Å². The molecule has 0 saturated heterocycles. The van der Waals surface area contributed by atoms with Crippen molar-refractivity contribution in [3.05, 3.63) is 53.0 Å². The van der Waals surface area contributed by atoms with Gasteiger partial charge in [-0.3, -0.25) is 0 Å². The molecule has 0 atom stereocenters. The standard InChI is InChI=1S/C24H30BrN5O2S/c1-30(2)23-21-8-3-4-9-22(21)28-24(29-23)26-15-17-10-12-18(13-11-17)16-27-33(31,32)20-7-5-6-19(25)14-20/h3-9,14,17-18,27H,10-13,15-16H2,1-2H3,(H,26,28,29). The number of sulfonamides is 1. The Kier molecular flexibility index (Phi) is 7.51. The second-order valence-electron chi connectivity index (χ2n) is 8.86. The maximum absolute atomic E-state index is 12.6. The van der Waals surface area contributed by atoms with Gasteiger partial charge in [0, 0.05) is 37.0 Å². The van der Waals surface area contributed by atoms with Crippen molar-refractivity contribution >= 4 is 48.6 Å². The highest BCUT2D eigenvalue weighted by Gasteiger charge is 2.23. The molecular formula is C24H30BrN5O2S. The third kappa shape index (κ3) is 6.02. The summed E-state index contributed by atoms with van der Waals surface area (Å²) < 4.78 is 28.7. The topological polar surface area (TPSA) is 87.2 Å². The summed E-state index contributed by atoms with van der Waals surface area (Å²) in [5, 5.41) is 4.48. The van der Waals surface area contributed by atoms with Gasteiger partial charge in [0.15, 0.2) is 0 Å². The molecule has 1 saturated carbocycles. The Balaban J connectivity index is 1.29. The Morgan fingerprint density at radius 3 is 2.36 bits per heavy atom. The van der Waals surface area contributed by atoms with Crippen molar-refractivity contribution in [3.8, 4) is 0 Å². The fourth-order valence-corrected chi connectivity index (χ4v) is 6.01. The molecule has 7 nitrogen and oxygen atoms in total. The van der Waals surface area contributed by atoms with Crippen molar-refractivity contribution in [2.75, 3.05) is 37.4 Å². The second kappa shape index (κ2) is 10.4. The molecule has 1 fully saturated rings. The number of hydrogen-bond acceptors (Lipinski definition) is 6. The number of fused-ring (bicyclic) bond motifs is 1. The van der Waals surface area contributed by atoms with Gasteiger partial charge in [-0.1, -0.05) is 34.1 Å². The van der Waals surface area contributed by atoms with Gasteiger partial charge >= 0.3 is 0 Å². The fraction of sp³-hybridized carbons (Fsp3) is 0.417. The van der Waals surface area contributed by atoms with E-state index in [1.807, 2.05) is 49.3 Å². The first-order chi connectivity index (χ1) is 15.8. The van der Waals surface area contributed by atoms with Crippen LogP contribution in [-0.4, -0.2) is 45.6 Å². The van der Waals surface area contributed by atoms with E-state index < -0.39 is 10.0 Å². The first-order valence-corrected chi connectivity index (χ1v) is 13.5. The molecule has 0 unspecified atom stereocenters. The van der Waals surface area contributed by atoms with E-state index in [0.717, 1.165) is 53.4 Å². The van der Waals surface area contributed by atoms with Crippen LogP contribution in [0.5, 0.6) is 0 Å². The van der Waals surface area contributed by atoms with Crippen molar-refractivity contribution in [1.82, 2.24) is 14.7 Å².